The van der Waals surface area contributed by atoms with Crippen LogP contribution in [0.25, 0.3) is 10.9 Å². The number of fused-ring (bicyclic) bond motifs is 2. The predicted molar refractivity (Wildman–Crippen MR) is 98.3 cm³/mol. The van der Waals surface area contributed by atoms with Crippen LogP contribution in [-0.4, -0.2) is 59.7 Å². The zero-order valence-corrected chi connectivity index (χ0v) is 14.9. The number of H-pyrrole nitrogens is 1. The molecule has 2 atom stereocenters. The highest BCUT2D eigenvalue weighted by Crippen LogP contribution is 2.40. The van der Waals surface area contributed by atoms with E-state index in [2.05, 4.69) is 53.3 Å². The number of hydrogen-bond acceptors (Lipinski definition) is 3. The zero-order chi connectivity index (χ0) is 16.7. The van der Waals surface area contributed by atoms with Gasteiger partial charge >= 0.3 is 0 Å². The maximum absolute atomic E-state index is 11.4. The van der Waals surface area contributed by atoms with Crippen molar-refractivity contribution in [3.63, 3.8) is 0 Å². The van der Waals surface area contributed by atoms with Gasteiger partial charge in [-0.3, -0.25) is 0 Å². The molecular weight excluding hydrogens is 298 g/mol. The van der Waals surface area contributed by atoms with Crippen molar-refractivity contribution in [2.45, 2.75) is 43.7 Å². The van der Waals surface area contributed by atoms with Crippen LogP contribution in [0.2, 0.25) is 0 Å². The van der Waals surface area contributed by atoms with Gasteiger partial charge in [0.15, 0.2) is 0 Å². The summed E-state index contributed by atoms with van der Waals surface area (Å²) in [6.07, 6.45) is 7.42. The molecule has 2 fully saturated rings. The third-order valence-electron chi connectivity index (χ3n) is 6.02. The van der Waals surface area contributed by atoms with Crippen LogP contribution in [0.15, 0.2) is 24.4 Å². The molecular formula is C20H29N3O. The summed E-state index contributed by atoms with van der Waals surface area (Å²) in [6, 6.07) is 7.07. The standard InChI is InChI=1S/C20H29N3O/c1-22(2)10-7-15-14-21-19-6-5-16(12-18(15)19)20(24)8-11-23-9-3-4-17(23)13-20/h5-6,12,14,17,21,24H,3-4,7-11,13H2,1-2H3. The van der Waals surface area contributed by atoms with Gasteiger partial charge in [-0.15, -0.1) is 0 Å². The van der Waals surface area contributed by atoms with E-state index in [4.69, 9.17) is 0 Å². The molecule has 1 aromatic carbocycles. The zero-order valence-electron chi connectivity index (χ0n) is 14.9. The van der Waals surface area contributed by atoms with E-state index in [1.165, 1.54) is 35.9 Å². The molecule has 0 amide bonds. The average molecular weight is 327 g/mol. The number of aliphatic hydroxyl groups is 1. The minimum atomic E-state index is -0.657. The van der Waals surface area contributed by atoms with Crippen LogP contribution in [0.5, 0.6) is 0 Å². The van der Waals surface area contributed by atoms with Gasteiger partial charge in [0.1, 0.15) is 0 Å². The molecule has 0 saturated carbocycles. The van der Waals surface area contributed by atoms with E-state index in [1.807, 2.05) is 0 Å². The molecule has 2 aliphatic rings. The maximum atomic E-state index is 11.4. The fourth-order valence-electron chi connectivity index (χ4n) is 4.52. The number of nitrogens with zero attached hydrogens (tertiary/aromatic N) is 2. The molecule has 1 aromatic heterocycles. The van der Waals surface area contributed by atoms with Gasteiger partial charge in [-0.25, -0.2) is 0 Å². The van der Waals surface area contributed by atoms with Crippen molar-refractivity contribution in [1.82, 2.24) is 14.8 Å². The second-order valence-electron chi connectivity index (χ2n) is 7.95. The Morgan fingerprint density at radius 1 is 1.33 bits per heavy atom. The first-order chi connectivity index (χ1) is 11.5. The Kier molecular flexibility index (Phi) is 4.15. The second-order valence-corrected chi connectivity index (χ2v) is 7.95. The molecule has 2 N–H and O–H groups in total. The maximum Gasteiger partial charge on any atom is 0.0923 e. The minimum absolute atomic E-state index is 0.568. The summed E-state index contributed by atoms with van der Waals surface area (Å²) in [5.74, 6) is 0. The van der Waals surface area contributed by atoms with Crippen LogP contribution in [0.3, 0.4) is 0 Å². The lowest BCUT2D eigenvalue weighted by Crippen LogP contribution is -2.45. The summed E-state index contributed by atoms with van der Waals surface area (Å²) in [5.41, 5.74) is 2.97. The van der Waals surface area contributed by atoms with E-state index in [1.54, 1.807) is 0 Å². The first-order valence-corrected chi connectivity index (χ1v) is 9.27. The van der Waals surface area contributed by atoms with E-state index in [0.29, 0.717) is 6.04 Å². The Balaban J connectivity index is 1.62. The van der Waals surface area contributed by atoms with E-state index in [9.17, 15) is 5.11 Å². The van der Waals surface area contributed by atoms with Crippen LogP contribution in [0.4, 0.5) is 0 Å². The minimum Gasteiger partial charge on any atom is -0.385 e. The largest absolute Gasteiger partial charge is 0.385 e. The summed E-state index contributed by atoms with van der Waals surface area (Å²) >= 11 is 0. The molecule has 2 aliphatic heterocycles. The molecule has 2 aromatic rings. The quantitative estimate of drug-likeness (QED) is 0.907. The van der Waals surface area contributed by atoms with Gasteiger partial charge in [0.2, 0.25) is 0 Å². The average Bonchev–Trinajstić information content (AvgIpc) is 3.18. The normalized spacial score (nSPS) is 27.9. The number of piperidine rings is 1. The molecule has 4 rings (SSSR count). The SMILES string of the molecule is CN(C)CCc1c[nH]c2ccc(C3(O)CCN4CCCC4C3)cc12. The molecule has 4 nitrogen and oxygen atoms in total. The van der Waals surface area contributed by atoms with Gasteiger partial charge in [0, 0.05) is 36.2 Å². The molecule has 0 spiro atoms. The first-order valence-electron chi connectivity index (χ1n) is 9.27. The predicted octanol–water partition coefficient (Wildman–Crippen LogP) is 2.72. The summed E-state index contributed by atoms with van der Waals surface area (Å²) in [6.45, 7) is 3.28. The molecule has 24 heavy (non-hydrogen) atoms. The molecule has 2 saturated heterocycles. The van der Waals surface area contributed by atoms with E-state index in [-0.39, 0.29) is 0 Å². The number of aromatic amines is 1. The van der Waals surface area contributed by atoms with Gasteiger partial charge < -0.3 is 19.9 Å². The topological polar surface area (TPSA) is 42.5 Å². The number of nitrogens with one attached hydrogen (secondary N) is 1. The molecule has 0 bridgehead atoms. The second kappa shape index (κ2) is 6.17. The van der Waals surface area contributed by atoms with Crippen molar-refractivity contribution in [2.24, 2.45) is 0 Å². The van der Waals surface area contributed by atoms with E-state index >= 15 is 0 Å². The Bertz CT molecular complexity index is 723. The Morgan fingerprint density at radius 3 is 3.04 bits per heavy atom. The fourth-order valence-corrected chi connectivity index (χ4v) is 4.52. The van der Waals surface area contributed by atoms with Crippen LogP contribution in [0.1, 0.15) is 36.8 Å². The van der Waals surface area contributed by atoms with E-state index < -0.39 is 5.60 Å². The Morgan fingerprint density at radius 2 is 2.21 bits per heavy atom. The number of hydrogen-bond donors (Lipinski definition) is 2. The van der Waals surface area contributed by atoms with Gasteiger partial charge in [0.05, 0.1) is 5.60 Å². The van der Waals surface area contributed by atoms with Crippen molar-refractivity contribution < 1.29 is 5.11 Å². The molecule has 4 heteroatoms. The number of rotatable bonds is 4. The number of aromatic nitrogens is 1. The smallest absolute Gasteiger partial charge is 0.0923 e. The van der Waals surface area contributed by atoms with Crippen molar-refractivity contribution in [1.29, 1.82) is 0 Å². The van der Waals surface area contributed by atoms with Crippen LogP contribution >= 0.6 is 0 Å². The third kappa shape index (κ3) is 2.87. The monoisotopic (exact) mass is 327 g/mol. The third-order valence-corrected chi connectivity index (χ3v) is 6.02. The lowest BCUT2D eigenvalue weighted by Gasteiger charge is -2.41. The van der Waals surface area contributed by atoms with Crippen molar-refractivity contribution in [3.8, 4) is 0 Å². The fraction of sp³-hybridized carbons (Fsp3) is 0.600. The number of benzene rings is 1. The van der Waals surface area contributed by atoms with Gasteiger partial charge in [0.25, 0.3) is 0 Å². The highest BCUT2D eigenvalue weighted by atomic mass is 16.3. The van der Waals surface area contributed by atoms with Crippen molar-refractivity contribution in [3.05, 3.63) is 35.5 Å². The van der Waals surface area contributed by atoms with Crippen molar-refractivity contribution in [2.75, 3.05) is 33.7 Å². The molecule has 0 aliphatic carbocycles. The summed E-state index contributed by atoms with van der Waals surface area (Å²) in [5, 5.41) is 12.6. The first kappa shape index (κ1) is 16.1. The van der Waals surface area contributed by atoms with Crippen molar-refractivity contribution >= 4 is 10.9 Å². The summed E-state index contributed by atoms with van der Waals surface area (Å²) in [7, 11) is 4.22. The highest BCUT2D eigenvalue weighted by Gasteiger charge is 2.41. The number of likely N-dealkylation sites (N-methyl/N-ethyl adjacent to an activating group) is 1. The lowest BCUT2D eigenvalue weighted by atomic mass is 9.80. The van der Waals surface area contributed by atoms with Crippen LogP contribution in [-0.2, 0) is 12.0 Å². The van der Waals surface area contributed by atoms with Crippen LogP contribution in [0, 0.1) is 0 Å². The molecule has 130 valence electrons. The van der Waals surface area contributed by atoms with Crippen LogP contribution < -0.4 is 0 Å². The summed E-state index contributed by atoms with van der Waals surface area (Å²) in [4.78, 5) is 8.16. The molecule has 2 unspecified atom stereocenters. The van der Waals surface area contributed by atoms with Gasteiger partial charge in [-0.05, 0) is 76.0 Å². The van der Waals surface area contributed by atoms with Gasteiger partial charge in [-0.1, -0.05) is 6.07 Å². The van der Waals surface area contributed by atoms with E-state index in [0.717, 1.165) is 37.9 Å². The highest BCUT2D eigenvalue weighted by molar-refractivity contribution is 5.84. The lowest BCUT2D eigenvalue weighted by molar-refractivity contribution is -0.0408. The van der Waals surface area contributed by atoms with Gasteiger partial charge in [-0.2, -0.15) is 0 Å². The Hall–Kier alpha value is -1.36. The summed E-state index contributed by atoms with van der Waals surface area (Å²) < 4.78 is 0. The Labute approximate surface area is 144 Å². The molecule has 0 radical (unpaired) electrons. The molecule has 3 heterocycles.